The first-order chi connectivity index (χ1) is 12.4. The van der Waals surface area contributed by atoms with Crippen LogP contribution in [0.3, 0.4) is 0 Å². The van der Waals surface area contributed by atoms with E-state index in [1.807, 2.05) is 30.3 Å². The second-order valence-corrected chi connectivity index (χ2v) is 8.00. The molecule has 0 aliphatic rings. The number of hydrogen-bond acceptors (Lipinski definition) is 4. The average molecular weight is 376 g/mol. The summed E-state index contributed by atoms with van der Waals surface area (Å²) in [5.74, 6) is -0.199. The van der Waals surface area contributed by atoms with Crippen LogP contribution in [0.25, 0.3) is 0 Å². The zero-order valence-electron chi connectivity index (χ0n) is 15.0. The lowest BCUT2D eigenvalue weighted by Crippen LogP contribution is -2.29. The average Bonchev–Trinajstić information content (AvgIpc) is 2.68. The van der Waals surface area contributed by atoms with E-state index in [1.54, 1.807) is 31.2 Å². The quantitative estimate of drug-likeness (QED) is 0.682. The van der Waals surface area contributed by atoms with Gasteiger partial charge in [0.05, 0.1) is 24.7 Å². The lowest BCUT2D eigenvalue weighted by Gasteiger charge is -2.18. The topological polar surface area (TPSA) is 75.7 Å². The van der Waals surface area contributed by atoms with Crippen molar-refractivity contribution in [3.05, 3.63) is 65.7 Å². The van der Waals surface area contributed by atoms with Crippen molar-refractivity contribution >= 4 is 21.6 Å². The summed E-state index contributed by atoms with van der Waals surface area (Å²) in [6.45, 7) is 2.91. The van der Waals surface area contributed by atoms with E-state index in [1.165, 1.54) is 11.4 Å². The molecule has 0 unspecified atom stereocenters. The number of anilines is 1. The van der Waals surface area contributed by atoms with Gasteiger partial charge in [0.15, 0.2) is 0 Å². The first kappa shape index (κ1) is 19.9. The van der Waals surface area contributed by atoms with Crippen LogP contribution in [0.4, 0.5) is 5.69 Å². The van der Waals surface area contributed by atoms with Crippen molar-refractivity contribution in [3.8, 4) is 0 Å². The van der Waals surface area contributed by atoms with Gasteiger partial charge in [0.1, 0.15) is 0 Å². The van der Waals surface area contributed by atoms with Crippen molar-refractivity contribution in [2.75, 3.05) is 30.3 Å². The van der Waals surface area contributed by atoms with Gasteiger partial charge in [0.25, 0.3) is 5.91 Å². The summed E-state index contributed by atoms with van der Waals surface area (Å²) in [6, 6.07) is 16.3. The normalized spacial score (nSPS) is 11.2. The van der Waals surface area contributed by atoms with Gasteiger partial charge < -0.3 is 10.1 Å². The van der Waals surface area contributed by atoms with Crippen LogP contribution >= 0.6 is 0 Å². The fraction of sp³-hybridized carbons (Fsp3) is 0.316. The largest absolute Gasteiger partial charge is 0.375 e. The van der Waals surface area contributed by atoms with E-state index in [9.17, 15) is 13.2 Å². The second-order valence-electron chi connectivity index (χ2n) is 5.71. The molecule has 7 heteroatoms. The first-order valence-corrected chi connectivity index (χ1v) is 10.0. The van der Waals surface area contributed by atoms with Crippen LogP contribution in [0, 0.1) is 0 Å². The molecular formula is C19H24N2O4S. The number of amides is 1. The third-order valence-electron chi connectivity index (χ3n) is 3.92. The molecule has 0 radical (unpaired) electrons. The molecule has 2 rings (SSSR count). The number of nitrogens with one attached hydrogen (secondary N) is 1. The number of ether oxygens (including phenoxy) is 1. The van der Waals surface area contributed by atoms with Gasteiger partial charge in [-0.2, -0.15) is 0 Å². The Morgan fingerprint density at radius 3 is 2.35 bits per heavy atom. The zero-order valence-corrected chi connectivity index (χ0v) is 15.8. The van der Waals surface area contributed by atoms with Gasteiger partial charge in [0, 0.05) is 19.2 Å². The predicted molar refractivity (Wildman–Crippen MR) is 103 cm³/mol. The minimum atomic E-state index is -3.31. The maximum Gasteiger partial charge on any atom is 0.251 e. The molecule has 0 spiro atoms. The van der Waals surface area contributed by atoms with Crippen molar-refractivity contribution in [2.24, 2.45) is 0 Å². The van der Waals surface area contributed by atoms with Crippen LogP contribution < -0.4 is 9.62 Å². The molecule has 0 saturated heterocycles. The minimum absolute atomic E-state index is 0.0225. The van der Waals surface area contributed by atoms with E-state index in [-0.39, 0.29) is 11.7 Å². The summed E-state index contributed by atoms with van der Waals surface area (Å²) in [6.07, 6.45) is 0. The fourth-order valence-electron chi connectivity index (χ4n) is 2.28. The monoisotopic (exact) mass is 376 g/mol. The number of rotatable bonds is 9. The highest BCUT2D eigenvalue weighted by atomic mass is 32.2. The Kier molecular flexibility index (Phi) is 7.17. The van der Waals surface area contributed by atoms with E-state index in [0.29, 0.717) is 31.0 Å². The van der Waals surface area contributed by atoms with Crippen molar-refractivity contribution < 1.29 is 17.9 Å². The molecule has 1 amide bonds. The molecule has 0 atom stereocenters. The minimum Gasteiger partial charge on any atom is -0.375 e. The molecule has 0 aliphatic carbocycles. The van der Waals surface area contributed by atoms with Gasteiger partial charge in [-0.25, -0.2) is 8.42 Å². The summed E-state index contributed by atoms with van der Waals surface area (Å²) in [4.78, 5) is 12.1. The van der Waals surface area contributed by atoms with Crippen molar-refractivity contribution in [2.45, 2.75) is 13.5 Å². The summed E-state index contributed by atoms with van der Waals surface area (Å²) < 4.78 is 30.4. The number of carbonyl (C=O) groups excluding carboxylic acids is 1. The third kappa shape index (κ3) is 5.57. The maximum atomic E-state index is 12.1. The molecule has 140 valence electrons. The van der Waals surface area contributed by atoms with E-state index in [2.05, 4.69) is 5.32 Å². The van der Waals surface area contributed by atoms with Crippen LogP contribution in [0.2, 0.25) is 0 Å². The number of sulfonamides is 1. The molecule has 0 fully saturated rings. The Balaban J connectivity index is 1.79. The Labute approximate surface area is 154 Å². The highest BCUT2D eigenvalue weighted by Gasteiger charge is 2.16. The SMILES string of the molecule is CCS(=O)(=O)N(C)c1ccc(C(=O)NCCOCc2ccccc2)cc1. The van der Waals surface area contributed by atoms with E-state index >= 15 is 0 Å². The van der Waals surface area contributed by atoms with Gasteiger partial charge >= 0.3 is 0 Å². The molecule has 0 aromatic heterocycles. The summed E-state index contributed by atoms with van der Waals surface area (Å²) in [5.41, 5.74) is 2.08. The Bertz CT molecular complexity index is 805. The molecule has 0 aliphatic heterocycles. The molecule has 26 heavy (non-hydrogen) atoms. The molecule has 2 aromatic rings. The molecule has 2 aromatic carbocycles. The van der Waals surface area contributed by atoms with Gasteiger partial charge in [-0.3, -0.25) is 9.10 Å². The van der Waals surface area contributed by atoms with Gasteiger partial charge in [-0.05, 0) is 36.8 Å². The lowest BCUT2D eigenvalue weighted by molar-refractivity contribution is 0.0901. The second kappa shape index (κ2) is 9.35. The standard InChI is InChI=1S/C19H24N2O4S/c1-3-26(23,24)21(2)18-11-9-17(10-12-18)19(22)20-13-14-25-15-16-7-5-4-6-8-16/h4-12H,3,13-15H2,1-2H3,(H,20,22). The molecule has 0 saturated carbocycles. The fourth-order valence-corrected chi connectivity index (χ4v) is 3.11. The summed E-state index contributed by atoms with van der Waals surface area (Å²) in [7, 11) is -1.81. The third-order valence-corrected chi connectivity index (χ3v) is 5.69. The molecule has 6 nitrogen and oxygen atoms in total. The zero-order chi connectivity index (χ0) is 19.0. The van der Waals surface area contributed by atoms with E-state index < -0.39 is 10.0 Å². The number of benzene rings is 2. The molecule has 1 N–H and O–H groups in total. The van der Waals surface area contributed by atoms with Gasteiger partial charge in [-0.15, -0.1) is 0 Å². The number of carbonyl (C=O) groups is 1. The van der Waals surface area contributed by atoms with Gasteiger partial charge in [-0.1, -0.05) is 30.3 Å². The number of nitrogens with zero attached hydrogens (tertiary/aromatic N) is 1. The highest BCUT2D eigenvalue weighted by molar-refractivity contribution is 7.92. The molecule has 0 bridgehead atoms. The first-order valence-electron chi connectivity index (χ1n) is 8.40. The smallest absolute Gasteiger partial charge is 0.251 e. The van der Waals surface area contributed by atoms with E-state index in [4.69, 9.17) is 4.74 Å². The van der Waals surface area contributed by atoms with Crippen molar-refractivity contribution in [1.82, 2.24) is 5.32 Å². The van der Waals surface area contributed by atoms with E-state index in [0.717, 1.165) is 5.56 Å². The van der Waals surface area contributed by atoms with Crippen molar-refractivity contribution in [3.63, 3.8) is 0 Å². The summed E-state index contributed by atoms with van der Waals surface area (Å²) >= 11 is 0. The Hall–Kier alpha value is -2.38. The van der Waals surface area contributed by atoms with Crippen LogP contribution in [0.15, 0.2) is 54.6 Å². The lowest BCUT2D eigenvalue weighted by atomic mass is 10.2. The maximum absolute atomic E-state index is 12.1. The Morgan fingerprint density at radius 2 is 1.73 bits per heavy atom. The molecule has 0 heterocycles. The number of hydrogen-bond donors (Lipinski definition) is 1. The van der Waals surface area contributed by atoms with Crippen LogP contribution in [0.5, 0.6) is 0 Å². The van der Waals surface area contributed by atoms with Crippen LogP contribution in [-0.2, 0) is 21.4 Å². The van der Waals surface area contributed by atoms with Crippen LogP contribution in [-0.4, -0.2) is 40.3 Å². The highest BCUT2D eigenvalue weighted by Crippen LogP contribution is 2.17. The van der Waals surface area contributed by atoms with Crippen molar-refractivity contribution in [1.29, 1.82) is 0 Å². The van der Waals surface area contributed by atoms with Crippen LogP contribution in [0.1, 0.15) is 22.8 Å². The Morgan fingerprint density at radius 1 is 1.08 bits per heavy atom. The predicted octanol–water partition coefficient (Wildman–Crippen LogP) is 2.42. The molecular weight excluding hydrogens is 352 g/mol. The van der Waals surface area contributed by atoms with Gasteiger partial charge in [0.2, 0.25) is 10.0 Å². The summed E-state index contributed by atoms with van der Waals surface area (Å²) in [5, 5.41) is 2.78.